The molecule has 3 N–H and O–H groups in total. The average Bonchev–Trinajstić information content (AvgIpc) is 2.90. The molecule has 4 nitrogen and oxygen atoms in total. The van der Waals surface area contributed by atoms with Crippen molar-refractivity contribution in [1.29, 1.82) is 0 Å². The summed E-state index contributed by atoms with van der Waals surface area (Å²) >= 11 is 0. The van der Waals surface area contributed by atoms with Gasteiger partial charge >= 0.3 is 0 Å². The Labute approximate surface area is 107 Å². The molecule has 0 fully saturated rings. The summed E-state index contributed by atoms with van der Waals surface area (Å²) < 4.78 is 1.83. The van der Waals surface area contributed by atoms with E-state index in [-0.39, 0.29) is 6.04 Å². The van der Waals surface area contributed by atoms with Crippen molar-refractivity contribution < 1.29 is 0 Å². The number of hydrogen-bond acceptors (Lipinski definition) is 3. The minimum absolute atomic E-state index is 0.0394. The number of hydrogen-bond donors (Lipinski definition) is 2. The van der Waals surface area contributed by atoms with Gasteiger partial charge in [-0.2, -0.15) is 5.10 Å². The van der Waals surface area contributed by atoms with E-state index in [1.54, 1.807) is 0 Å². The van der Waals surface area contributed by atoms with E-state index in [1.807, 2.05) is 54.2 Å². The summed E-state index contributed by atoms with van der Waals surface area (Å²) in [5.74, 6) is 11.4. The van der Waals surface area contributed by atoms with E-state index in [9.17, 15) is 0 Å². The number of nitrogens with two attached hydrogens (primary N) is 1. The molecule has 0 aliphatic carbocycles. The lowest BCUT2D eigenvalue weighted by molar-refractivity contribution is 0.548. The van der Waals surface area contributed by atoms with Crippen LogP contribution in [0, 0.1) is 11.8 Å². The van der Waals surface area contributed by atoms with Crippen molar-refractivity contribution in [3.8, 4) is 17.5 Å². The fourth-order valence-corrected chi connectivity index (χ4v) is 1.70. The minimum atomic E-state index is -0.0394. The quantitative estimate of drug-likeness (QED) is 0.486. The maximum atomic E-state index is 5.53. The van der Waals surface area contributed by atoms with E-state index in [1.165, 1.54) is 0 Å². The van der Waals surface area contributed by atoms with Gasteiger partial charge in [0.25, 0.3) is 0 Å². The van der Waals surface area contributed by atoms with Crippen molar-refractivity contribution >= 4 is 0 Å². The van der Waals surface area contributed by atoms with Gasteiger partial charge < -0.3 is 0 Å². The van der Waals surface area contributed by atoms with Gasteiger partial charge in [-0.05, 0) is 25.1 Å². The molecule has 0 aliphatic rings. The first-order valence-electron chi connectivity index (χ1n) is 5.82. The lowest BCUT2D eigenvalue weighted by atomic mass is 10.1. The number of nitrogens with zero attached hydrogens (tertiary/aromatic N) is 2. The van der Waals surface area contributed by atoms with E-state index in [0.29, 0.717) is 6.42 Å². The number of benzene rings is 1. The van der Waals surface area contributed by atoms with Crippen LogP contribution in [0.4, 0.5) is 0 Å². The molecule has 0 amide bonds. The molecular formula is C14H16N4. The van der Waals surface area contributed by atoms with Crippen molar-refractivity contribution in [3.05, 3.63) is 48.3 Å². The fraction of sp³-hybridized carbons (Fsp3) is 0.214. The second kappa shape index (κ2) is 6.01. The molecule has 4 heteroatoms. The highest BCUT2D eigenvalue weighted by molar-refractivity contribution is 5.30. The Bertz CT molecular complexity index is 548. The zero-order chi connectivity index (χ0) is 12.8. The normalized spacial score (nSPS) is 11.7. The van der Waals surface area contributed by atoms with E-state index in [0.717, 1.165) is 11.4 Å². The van der Waals surface area contributed by atoms with Crippen LogP contribution in [0.1, 0.15) is 25.1 Å². The maximum Gasteiger partial charge on any atom is 0.0821 e. The predicted molar refractivity (Wildman–Crippen MR) is 71.7 cm³/mol. The van der Waals surface area contributed by atoms with E-state index < -0.39 is 0 Å². The van der Waals surface area contributed by atoms with Crippen molar-refractivity contribution in [2.75, 3.05) is 0 Å². The first-order valence-corrected chi connectivity index (χ1v) is 5.82. The van der Waals surface area contributed by atoms with Crippen molar-refractivity contribution in [2.24, 2.45) is 5.84 Å². The molecular weight excluding hydrogens is 224 g/mol. The Morgan fingerprint density at radius 3 is 2.78 bits per heavy atom. The van der Waals surface area contributed by atoms with Crippen molar-refractivity contribution in [1.82, 2.24) is 15.2 Å². The Morgan fingerprint density at radius 1 is 1.33 bits per heavy atom. The fourth-order valence-electron chi connectivity index (χ4n) is 1.70. The lowest BCUT2D eigenvalue weighted by Gasteiger charge is -2.09. The number of nitrogens with one attached hydrogen (secondary N) is 1. The van der Waals surface area contributed by atoms with Crippen LogP contribution in [-0.2, 0) is 0 Å². The first kappa shape index (κ1) is 12.4. The molecule has 0 saturated carbocycles. The maximum absolute atomic E-state index is 5.53. The largest absolute Gasteiger partial charge is 0.271 e. The van der Waals surface area contributed by atoms with Crippen LogP contribution < -0.4 is 11.3 Å². The van der Waals surface area contributed by atoms with E-state index in [2.05, 4.69) is 22.4 Å². The highest BCUT2D eigenvalue weighted by atomic mass is 15.3. The van der Waals surface area contributed by atoms with Crippen LogP contribution in [0.5, 0.6) is 0 Å². The molecule has 1 heterocycles. The van der Waals surface area contributed by atoms with Gasteiger partial charge in [-0.25, -0.2) is 4.68 Å². The van der Waals surface area contributed by atoms with E-state index in [4.69, 9.17) is 5.84 Å². The van der Waals surface area contributed by atoms with E-state index >= 15 is 0 Å². The second-order valence-corrected chi connectivity index (χ2v) is 3.87. The molecule has 1 unspecified atom stereocenters. The molecule has 0 aliphatic heterocycles. The topological polar surface area (TPSA) is 55.9 Å². The zero-order valence-electron chi connectivity index (χ0n) is 10.3. The Hall–Kier alpha value is -2.09. The van der Waals surface area contributed by atoms with Crippen molar-refractivity contribution in [3.63, 3.8) is 0 Å². The Balaban J connectivity index is 2.21. The monoisotopic (exact) mass is 240 g/mol. The molecule has 0 radical (unpaired) electrons. The van der Waals surface area contributed by atoms with Gasteiger partial charge in [0.2, 0.25) is 0 Å². The molecule has 2 aromatic rings. The summed E-state index contributed by atoms with van der Waals surface area (Å²) in [4.78, 5) is 0. The second-order valence-electron chi connectivity index (χ2n) is 3.87. The summed E-state index contributed by atoms with van der Waals surface area (Å²) in [5, 5.41) is 4.51. The summed E-state index contributed by atoms with van der Waals surface area (Å²) in [6, 6.07) is 11.9. The summed E-state index contributed by atoms with van der Waals surface area (Å²) in [6.45, 7) is 1.82. The standard InChI is InChI=1S/C14H16N4/c1-2-3-9-13(16-15)14-10-11-18(17-14)12-7-5-4-6-8-12/h4-8,10-11,13,16H,9,15H2,1H3. The van der Waals surface area contributed by atoms with Crippen molar-refractivity contribution in [2.45, 2.75) is 19.4 Å². The zero-order valence-corrected chi connectivity index (χ0v) is 10.3. The van der Waals surface area contributed by atoms with Crippen LogP contribution in [0.25, 0.3) is 5.69 Å². The third-order valence-electron chi connectivity index (χ3n) is 2.67. The number of para-hydroxylation sites is 1. The molecule has 2 rings (SSSR count). The third kappa shape index (κ3) is 2.77. The first-order chi connectivity index (χ1) is 8.85. The van der Waals surface area contributed by atoms with Crippen LogP contribution in [-0.4, -0.2) is 9.78 Å². The van der Waals surface area contributed by atoms with Gasteiger partial charge in [0.1, 0.15) is 0 Å². The number of rotatable bonds is 4. The number of hydrazine groups is 1. The average molecular weight is 240 g/mol. The van der Waals surface area contributed by atoms with Crippen LogP contribution in [0.2, 0.25) is 0 Å². The summed E-state index contributed by atoms with van der Waals surface area (Å²) in [6.07, 6.45) is 2.58. The highest BCUT2D eigenvalue weighted by Crippen LogP contribution is 2.15. The Kier molecular flexibility index (Phi) is 4.13. The molecule has 1 aromatic carbocycles. The molecule has 92 valence electrons. The molecule has 18 heavy (non-hydrogen) atoms. The predicted octanol–water partition coefficient (Wildman–Crippen LogP) is 1.79. The third-order valence-corrected chi connectivity index (χ3v) is 2.67. The number of aromatic nitrogens is 2. The minimum Gasteiger partial charge on any atom is -0.271 e. The molecule has 0 spiro atoms. The van der Waals surface area contributed by atoms with Gasteiger partial charge in [-0.15, -0.1) is 11.8 Å². The molecule has 1 aromatic heterocycles. The smallest absolute Gasteiger partial charge is 0.0821 e. The highest BCUT2D eigenvalue weighted by Gasteiger charge is 2.11. The lowest BCUT2D eigenvalue weighted by Crippen LogP contribution is -2.28. The van der Waals surface area contributed by atoms with Gasteiger partial charge in [-0.3, -0.25) is 11.3 Å². The molecule has 1 atom stereocenters. The SMILES string of the molecule is CC#CCC(NN)c1ccn(-c2ccccc2)n1. The van der Waals surface area contributed by atoms with Crippen LogP contribution in [0.15, 0.2) is 42.6 Å². The van der Waals surface area contributed by atoms with Gasteiger partial charge in [0, 0.05) is 12.6 Å². The van der Waals surface area contributed by atoms with Gasteiger partial charge in [0.15, 0.2) is 0 Å². The van der Waals surface area contributed by atoms with Gasteiger partial charge in [0.05, 0.1) is 17.4 Å². The Morgan fingerprint density at radius 2 is 2.11 bits per heavy atom. The summed E-state index contributed by atoms with van der Waals surface area (Å²) in [7, 11) is 0. The molecule has 0 bridgehead atoms. The summed E-state index contributed by atoms with van der Waals surface area (Å²) in [5.41, 5.74) is 4.66. The van der Waals surface area contributed by atoms with Crippen LogP contribution >= 0.6 is 0 Å². The van der Waals surface area contributed by atoms with Crippen LogP contribution in [0.3, 0.4) is 0 Å². The molecule has 0 saturated heterocycles. The van der Waals surface area contributed by atoms with Gasteiger partial charge in [-0.1, -0.05) is 18.2 Å².